The van der Waals surface area contributed by atoms with E-state index >= 15 is 0 Å². The molecule has 0 heterocycles. The monoisotopic (exact) mass is 210 g/mol. The average molecular weight is 210 g/mol. The fourth-order valence-corrected chi connectivity index (χ4v) is 0. The zero-order chi connectivity index (χ0) is 10.3. The molecule has 12 heavy (non-hydrogen) atoms. The van der Waals surface area contributed by atoms with Crippen LogP contribution in [-0.2, 0) is 9.59 Å². The lowest BCUT2D eigenvalue weighted by atomic mass is 10.7. The maximum absolute atomic E-state index is 10.1. The fourth-order valence-electron chi connectivity index (χ4n) is 0. The summed E-state index contributed by atoms with van der Waals surface area (Å²) in [6, 6.07) is 0. The van der Waals surface area contributed by atoms with Crippen LogP contribution in [0.15, 0.2) is 0 Å². The Kier molecular flexibility index (Phi) is 8.62. The Labute approximate surface area is 83.3 Å². The van der Waals surface area contributed by atoms with Crippen molar-refractivity contribution in [2.24, 2.45) is 5.73 Å². The van der Waals surface area contributed by atoms with Gasteiger partial charge in [-0.25, -0.2) is 0 Å². The number of thiol groups is 2. The van der Waals surface area contributed by atoms with Crippen LogP contribution in [-0.4, -0.2) is 35.4 Å². The SMILES string of the molecule is CC(=O)N(C)C.NC(=O)C(S)S. The van der Waals surface area contributed by atoms with E-state index in [0.29, 0.717) is 0 Å². The first kappa shape index (κ1) is 14.2. The summed E-state index contributed by atoms with van der Waals surface area (Å²) in [5, 5.41) is 0. The van der Waals surface area contributed by atoms with E-state index in [1.807, 2.05) is 0 Å². The smallest absolute Gasteiger partial charge is 0.240 e. The van der Waals surface area contributed by atoms with Crippen LogP contribution in [0.1, 0.15) is 6.92 Å². The van der Waals surface area contributed by atoms with Crippen LogP contribution in [0.25, 0.3) is 0 Å². The molecule has 0 unspecified atom stereocenters. The molecule has 4 nitrogen and oxygen atoms in total. The van der Waals surface area contributed by atoms with Crippen LogP contribution in [0.4, 0.5) is 0 Å². The Bertz CT molecular complexity index is 142. The predicted molar refractivity (Wildman–Crippen MR) is 55.3 cm³/mol. The number of nitrogens with two attached hydrogens (primary N) is 1. The molecule has 0 aliphatic rings. The van der Waals surface area contributed by atoms with Crippen molar-refractivity contribution >= 4 is 37.1 Å². The number of carbonyl (C=O) groups is 2. The number of amides is 2. The summed E-state index contributed by atoms with van der Waals surface area (Å²) in [4.78, 5) is 21.4. The maximum Gasteiger partial charge on any atom is 0.240 e. The van der Waals surface area contributed by atoms with E-state index in [1.54, 1.807) is 14.1 Å². The molecule has 0 aromatic rings. The molecule has 0 radical (unpaired) electrons. The van der Waals surface area contributed by atoms with Gasteiger partial charge in [0, 0.05) is 21.0 Å². The molecular formula is C6H14N2O2S2. The first-order valence-corrected chi connectivity index (χ1v) is 4.15. The van der Waals surface area contributed by atoms with Crippen LogP contribution in [0.5, 0.6) is 0 Å². The molecule has 0 bridgehead atoms. The lowest BCUT2D eigenvalue weighted by Crippen LogP contribution is -2.18. The highest BCUT2D eigenvalue weighted by molar-refractivity contribution is 8.00. The van der Waals surface area contributed by atoms with E-state index in [0.717, 1.165) is 0 Å². The molecule has 2 N–H and O–H groups in total. The fraction of sp³-hybridized carbons (Fsp3) is 0.667. The summed E-state index contributed by atoms with van der Waals surface area (Å²) in [7, 11) is 3.45. The number of hydrogen-bond donors (Lipinski definition) is 3. The molecular weight excluding hydrogens is 196 g/mol. The largest absolute Gasteiger partial charge is 0.368 e. The maximum atomic E-state index is 10.1. The molecule has 0 aliphatic heterocycles. The van der Waals surface area contributed by atoms with Crippen molar-refractivity contribution in [2.45, 2.75) is 11.5 Å². The van der Waals surface area contributed by atoms with Gasteiger partial charge in [-0.2, -0.15) is 25.3 Å². The molecule has 0 saturated carbocycles. The Hall–Kier alpha value is -0.360. The summed E-state index contributed by atoms with van der Waals surface area (Å²) >= 11 is 7.17. The van der Waals surface area contributed by atoms with Crippen LogP contribution < -0.4 is 5.73 Å². The molecule has 2 amide bonds. The third kappa shape index (κ3) is 12.3. The summed E-state index contributed by atoms with van der Waals surface area (Å²) in [5.74, 6) is -0.420. The van der Waals surface area contributed by atoms with E-state index in [4.69, 9.17) is 0 Å². The Morgan fingerprint density at radius 1 is 1.33 bits per heavy atom. The first-order valence-electron chi connectivity index (χ1n) is 3.12. The molecule has 0 spiro atoms. The van der Waals surface area contributed by atoms with Gasteiger partial charge in [0.25, 0.3) is 0 Å². The second-order valence-corrected chi connectivity index (χ2v) is 3.63. The quantitative estimate of drug-likeness (QED) is 0.413. The highest BCUT2D eigenvalue weighted by atomic mass is 32.2. The minimum absolute atomic E-state index is 0.0926. The van der Waals surface area contributed by atoms with Crippen molar-refractivity contribution in [3.8, 4) is 0 Å². The average Bonchev–Trinajstić information content (AvgIpc) is 1.88. The van der Waals surface area contributed by atoms with Crippen LogP contribution >= 0.6 is 25.3 Å². The minimum Gasteiger partial charge on any atom is -0.368 e. The molecule has 72 valence electrons. The van der Waals surface area contributed by atoms with Crippen LogP contribution in [0.3, 0.4) is 0 Å². The van der Waals surface area contributed by atoms with Gasteiger partial charge in [-0.3, -0.25) is 9.59 Å². The minimum atomic E-state index is -0.620. The Morgan fingerprint density at radius 2 is 1.50 bits per heavy atom. The zero-order valence-corrected chi connectivity index (χ0v) is 9.10. The molecule has 0 aromatic carbocycles. The molecule has 0 rings (SSSR count). The van der Waals surface area contributed by atoms with Gasteiger partial charge in [-0.05, 0) is 0 Å². The normalized spacial score (nSPS) is 8.50. The van der Waals surface area contributed by atoms with Crippen molar-refractivity contribution in [1.29, 1.82) is 0 Å². The zero-order valence-electron chi connectivity index (χ0n) is 7.31. The van der Waals surface area contributed by atoms with Crippen molar-refractivity contribution < 1.29 is 9.59 Å². The Morgan fingerprint density at radius 3 is 1.50 bits per heavy atom. The lowest BCUT2D eigenvalue weighted by Gasteiger charge is -2.02. The van der Waals surface area contributed by atoms with E-state index in [9.17, 15) is 9.59 Å². The summed E-state index contributed by atoms with van der Waals surface area (Å²) in [5.41, 5.74) is 4.64. The molecule has 0 aliphatic carbocycles. The van der Waals surface area contributed by atoms with E-state index in [-0.39, 0.29) is 5.91 Å². The number of rotatable bonds is 1. The van der Waals surface area contributed by atoms with Gasteiger partial charge in [0.1, 0.15) is 4.58 Å². The topological polar surface area (TPSA) is 63.4 Å². The molecule has 6 heteroatoms. The highest BCUT2D eigenvalue weighted by Crippen LogP contribution is 1.95. The van der Waals surface area contributed by atoms with Gasteiger partial charge in [0.2, 0.25) is 11.8 Å². The lowest BCUT2D eigenvalue weighted by molar-refractivity contribution is -0.126. The first-order chi connectivity index (χ1) is 5.29. The van der Waals surface area contributed by atoms with Crippen molar-refractivity contribution in [3.63, 3.8) is 0 Å². The second-order valence-electron chi connectivity index (χ2n) is 2.19. The standard InChI is InChI=1S/C4H9NO.C2H5NOS2/c1-4(6)5(2)3;3-1(4)2(5)6/h1-3H3;2,5-6H,(H2,3,4). The Balaban J connectivity index is 0. The number of primary amides is 1. The highest BCUT2D eigenvalue weighted by Gasteiger charge is 1.98. The van der Waals surface area contributed by atoms with Crippen molar-refractivity contribution in [1.82, 2.24) is 4.90 Å². The van der Waals surface area contributed by atoms with Crippen molar-refractivity contribution in [2.75, 3.05) is 14.1 Å². The summed E-state index contributed by atoms with van der Waals surface area (Å²) < 4.78 is -0.620. The molecule has 0 fully saturated rings. The van der Waals surface area contributed by atoms with Gasteiger partial charge in [0.05, 0.1) is 0 Å². The van der Waals surface area contributed by atoms with Gasteiger partial charge < -0.3 is 10.6 Å². The van der Waals surface area contributed by atoms with Gasteiger partial charge in [-0.1, -0.05) is 0 Å². The molecule has 0 atom stereocenters. The van der Waals surface area contributed by atoms with Gasteiger partial charge in [-0.15, -0.1) is 0 Å². The predicted octanol–water partition coefficient (Wildman–Crippen LogP) is -0.248. The number of nitrogens with zero attached hydrogens (tertiary/aromatic N) is 1. The van der Waals surface area contributed by atoms with E-state index < -0.39 is 10.5 Å². The van der Waals surface area contributed by atoms with E-state index in [1.165, 1.54) is 11.8 Å². The van der Waals surface area contributed by atoms with Crippen molar-refractivity contribution in [3.05, 3.63) is 0 Å². The molecule has 0 aromatic heterocycles. The van der Waals surface area contributed by atoms with Crippen LogP contribution in [0.2, 0.25) is 0 Å². The second kappa shape index (κ2) is 7.30. The van der Waals surface area contributed by atoms with Gasteiger partial charge in [0.15, 0.2) is 0 Å². The summed E-state index contributed by atoms with van der Waals surface area (Å²) in [6.07, 6.45) is 0. The third-order valence-electron chi connectivity index (χ3n) is 0.884. The number of carbonyl (C=O) groups excluding carboxylic acids is 2. The third-order valence-corrected chi connectivity index (χ3v) is 1.39. The molecule has 0 saturated heterocycles. The van der Waals surface area contributed by atoms with E-state index in [2.05, 4.69) is 31.0 Å². The summed E-state index contributed by atoms with van der Waals surface area (Å²) in [6.45, 7) is 1.53. The van der Waals surface area contributed by atoms with Crippen LogP contribution in [0, 0.1) is 0 Å². The number of hydrogen-bond acceptors (Lipinski definition) is 4. The van der Waals surface area contributed by atoms with Gasteiger partial charge >= 0.3 is 0 Å².